The molecule has 12 heteroatoms. The molecule has 1 spiro atoms. The van der Waals surface area contributed by atoms with E-state index in [2.05, 4.69) is 14.9 Å². The number of thioether (sulfide) groups is 1. The lowest BCUT2D eigenvalue weighted by atomic mass is 9.93. The predicted octanol–water partition coefficient (Wildman–Crippen LogP) is 4.11. The molecule has 3 aliphatic rings. The Labute approximate surface area is 233 Å². The topological polar surface area (TPSA) is 115 Å². The molecule has 1 unspecified atom stereocenters. The van der Waals surface area contributed by atoms with Crippen molar-refractivity contribution in [3.8, 4) is 0 Å². The van der Waals surface area contributed by atoms with E-state index in [9.17, 15) is 17.6 Å². The lowest BCUT2D eigenvalue weighted by Gasteiger charge is -2.35. The van der Waals surface area contributed by atoms with Crippen LogP contribution in [-0.2, 0) is 10.0 Å². The van der Waals surface area contributed by atoms with Crippen LogP contribution in [0.15, 0.2) is 35.2 Å². The molecule has 39 heavy (non-hydrogen) atoms. The van der Waals surface area contributed by atoms with E-state index in [1.807, 2.05) is 17.2 Å². The van der Waals surface area contributed by atoms with Crippen LogP contribution in [0.5, 0.6) is 0 Å². The number of carbonyl (C=O) groups excluding carboxylic acids is 1. The summed E-state index contributed by atoms with van der Waals surface area (Å²) < 4.78 is 41.6. The molecule has 5 rings (SSSR count). The number of piperidine rings is 1. The number of hydrogen-bond donors (Lipinski definition) is 3. The van der Waals surface area contributed by atoms with Crippen LogP contribution in [0, 0.1) is 5.41 Å². The maximum absolute atomic E-state index is 14.6. The number of sulfonamides is 1. The summed E-state index contributed by atoms with van der Waals surface area (Å²) in [6, 6.07) is 8.50. The van der Waals surface area contributed by atoms with E-state index in [1.165, 1.54) is 24.6 Å². The van der Waals surface area contributed by atoms with Crippen LogP contribution in [0.2, 0.25) is 0 Å². The minimum absolute atomic E-state index is 0.249. The van der Waals surface area contributed by atoms with E-state index in [-0.39, 0.29) is 12.5 Å². The second-order valence-corrected chi connectivity index (χ2v) is 13.8. The summed E-state index contributed by atoms with van der Waals surface area (Å²) in [5.74, 6) is 0.263. The largest absolute Gasteiger partial charge is 0.395 e. The van der Waals surface area contributed by atoms with Crippen LogP contribution in [0.3, 0.4) is 0 Å². The lowest BCUT2D eigenvalue weighted by molar-refractivity contribution is 0.102. The first-order valence-corrected chi connectivity index (χ1v) is 16.2. The molecule has 2 aromatic rings. The van der Waals surface area contributed by atoms with Gasteiger partial charge >= 0.3 is 0 Å². The molecule has 1 aromatic carbocycles. The number of pyridine rings is 1. The SMILES string of the molecule is CSc1ccc(NC(=O)c2ccc(NS(=O)(=O)CCO)cc2N2CCC3(CC2)CC3)nc1N1CCC(C)(F)C1. The molecule has 2 saturated heterocycles. The standard InChI is InChI=1S/C27H36FN5O4S2/c1-26(28)9-12-33(18-26)24-22(38-2)5-6-23(29-24)30-25(35)20-4-3-19(31-39(36,37)16-15-34)17-21(20)32-13-10-27(7-8-27)11-14-32/h3-6,17,31,34H,7-16,18H2,1-2H3,(H,29,30,35). The van der Waals surface area contributed by atoms with Gasteiger partial charge in [0.25, 0.3) is 5.91 Å². The monoisotopic (exact) mass is 577 g/mol. The molecule has 212 valence electrons. The highest BCUT2D eigenvalue weighted by atomic mass is 32.2. The number of amides is 1. The number of aliphatic hydroxyl groups excluding tert-OH is 1. The first-order chi connectivity index (χ1) is 18.5. The van der Waals surface area contributed by atoms with Gasteiger partial charge in [0.1, 0.15) is 17.3 Å². The van der Waals surface area contributed by atoms with Crippen LogP contribution < -0.4 is 19.8 Å². The van der Waals surface area contributed by atoms with E-state index in [4.69, 9.17) is 10.1 Å². The summed E-state index contributed by atoms with van der Waals surface area (Å²) in [5.41, 5.74) is 0.570. The number of aliphatic hydroxyl groups is 1. The number of rotatable bonds is 9. The van der Waals surface area contributed by atoms with E-state index in [0.717, 1.165) is 30.8 Å². The summed E-state index contributed by atoms with van der Waals surface area (Å²) in [6.45, 7) is 3.49. The predicted molar refractivity (Wildman–Crippen MR) is 154 cm³/mol. The Morgan fingerprint density at radius 3 is 2.44 bits per heavy atom. The van der Waals surface area contributed by atoms with Gasteiger partial charge in [0, 0.05) is 31.0 Å². The van der Waals surface area contributed by atoms with Gasteiger partial charge in [-0.2, -0.15) is 0 Å². The molecule has 1 saturated carbocycles. The zero-order valence-corrected chi connectivity index (χ0v) is 24.0. The van der Waals surface area contributed by atoms with E-state index in [1.54, 1.807) is 31.2 Å². The number of nitrogens with one attached hydrogen (secondary N) is 2. The van der Waals surface area contributed by atoms with Gasteiger partial charge in [-0.15, -0.1) is 11.8 Å². The average Bonchev–Trinajstić information content (AvgIpc) is 3.54. The number of aromatic nitrogens is 1. The Morgan fingerprint density at radius 1 is 1.10 bits per heavy atom. The quantitative estimate of drug-likeness (QED) is 0.382. The molecule has 2 aliphatic heterocycles. The molecular weight excluding hydrogens is 541 g/mol. The Bertz CT molecular complexity index is 1340. The molecule has 1 aromatic heterocycles. The smallest absolute Gasteiger partial charge is 0.258 e. The highest BCUT2D eigenvalue weighted by Crippen LogP contribution is 2.54. The van der Waals surface area contributed by atoms with Gasteiger partial charge in [-0.05, 0) is 74.6 Å². The molecule has 9 nitrogen and oxygen atoms in total. The molecule has 0 radical (unpaired) electrons. The molecular formula is C27H36FN5O4S2. The normalized spacial score (nSPS) is 22.3. The van der Waals surface area contributed by atoms with Gasteiger partial charge in [0.05, 0.1) is 35.8 Å². The van der Waals surface area contributed by atoms with Gasteiger partial charge in [0.2, 0.25) is 10.0 Å². The van der Waals surface area contributed by atoms with E-state index >= 15 is 0 Å². The van der Waals surface area contributed by atoms with Gasteiger partial charge in [0.15, 0.2) is 0 Å². The van der Waals surface area contributed by atoms with Crippen molar-refractivity contribution in [2.75, 3.05) is 64.6 Å². The van der Waals surface area contributed by atoms with Crippen molar-refractivity contribution in [3.63, 3.8) is 0 Å². The first kappa shape index (κ1) is 28.0. The van der Waals surface area contributed by atoms with Gasteiger partial charge in [-0.1, -0.05) is 0 Å². The highest BCUT2D eigenvalue weighted by Gasteiger charge is 2.44. The third kappa shape index (κ3) is 6.44. The van der Waals surface area contributed by atoms with Crippen LogP contribution in [0.1, 0.15) is 49.4 Å². The lowest BCUT2D eigenvalue weighted by Crippen LogP contribution is -2.35. The van der Waals surface area contributed by atoms with Gasteiger partial charge in [-0.25, -0.2) is 17.8 Å². The minimum Gasteiger partial charge on any atom is -0.395 e. The number of alkyl halides is 1. The fourth-order valence-corrected chi connectivity index (χ4v) is 6.87. The molecule has 1 amide bonds. The minimum atomic E-state index is -3.71. The third-order valence-corrected chi connectivity index (χ3v) is 10.0. The van der Waals surface area contributed by atoms with Gasteiger partial charge in [-0.3, -0.25) is 9.52 Å². The Morgan fingerprint density at radius 2 is 1.82 bits per heavy atom. The second kappa shape index (κ2) is 10.8. The molecule has 3 heterocycles. The summed E-state index contributed by atoms with van der Waals surface area (Å²) in [7, 11) is -3.71. The van der Waals surface area contributed by atoms with Crippen molar-refractivity contribution < 1.29 is 22.7 Å². The molecule has 0 bridgehead atoms. The van der Waals surface area contributed by atoms with Crippen LogP contribution >= 0.6 is 11.8 Å². The van der Waals surface area contributed by atoms with Crippen LogP contribution in [0.25, 0.3) is 0 Å². The fourth-order valence-electron chi connectivity index (χ4n) is 5.48. The highest BCUT2D eigenvalue weighted by molar-refractivity contribution is 7.98. The summed E-state index contributed by atoms with van der Waals surface area (Å²) in [6.07, 6.45) is 6.93. The van der Waals surface area contributed by atoms with Crippen molar-refractivity contribution in [1.29, 1.82) is 0 Å². The van der Waals surface area contributed by atoms with Crippen molar-refractivity contribution in [2.45, 2.75) is 49.6 Å². The average molecular weight is 578 g/mol. The van der Waals surface area contributed by atoms with E-state index in [0.29, 0.717) is 47.0 Å². The number of nitrogens with zero attached hydrogens (tertiary/aromatic N) is 3. The van der Waals surface area contributed by atoms with E-state index < -0.39 is 28.1 Å². The van der Waals surface area contributed by atoms with Crippen LogP contribution in [-0.4, -0.2) is 74.9 Å². The fraction of sp³-hybridized carbons (Fsp3) is 0.556. The Kier molecular flexibility index (Phi) is 7.73. The molecule has 3 N–H and O–H groups in total. The van der Waals surface area contributed by atoms with Crippen molar-refractivity contribution in [3.05, 3.63) is 35.9 Å². The Balaban J connectivity index is 1.41. The number of halogens is 1. The summed E-state index contributed by atoms with van der Waals surface area (Å²) >= 11 is 1.52. The number of hydrogen-bond acceptors (Lipinski definition) is 8. The number of anilines is 4. The Hall–Kier alpha value is -2.57. The molecule has 1 aliphatic carbocycles. The summed E-state index contributed by atoms with van der Waals surface area (Å²) in [5, 5.41) is 12.0. The maximum atomic E-state index is 14.6. The second-order valence-electron chi connectivity index (χ2n) is 11.1. The maximum Gasteiger partial charge on any atom is 0.258 e. The van der Waals surface area contributed by atoms with Crippen LogP contribution in [0.4, 0.5) is 27.4 Å². The van der Waals surface area contributed by atoms with Crippen molar-refractivity contribution in [1.82, 2.24) is 4.98 Å². The van der Waals surface area contributed by atoms with Crippen molar-refractivity contribution >= 4 is 50.7 Å². The van der Waals surface area contributed by atoms with Gasteiger partial charge < -0.3 is 20.2 Å². The summed E-state index contributed by atoms with van der Waals surface area (Å²) in [4.78, 5) is 23.2. The zero-order valence-electron chi connectivity index (χ0n) is 22.4. The first-order valence-electron chi connectivity index (χ1n) is 13.3. The molecule has 1 atom stereocenters. The number of benzene rings is 1. The molecule has 3 fully saturated rings. The zero-order chi connectivity index (χ0) is 27.8. The van der Waals surface area contributed by atoms with Crippen molar-refractivity contribution in [2.24, 2.45) is 5.41 Å². The number of carbonyl (C=O) groups is 1. The third-order valence-electron chi connectivity index (χ3n) is 8.02.